The molecule has 1 aromatic carbocycles. The van der Waals surface area contributed by atoms with Gasteiger partial charge in [0.05, 0.1) is 5.69 Å². The van der Waals surface area contributed by atoms with Gasteiger partial charge in [-0.2, -0.15) is 0 Å². The lowest BCUT2D eigenvalue weighted by atomic mass is 10.1. The van der Waals surface area contributed by atoms with Crippen molar-refractivity contribution in [1.29, 1.82) is 0 Å². The minimum Gasteiger partial charge on any atom is -0.353 e. The van der Waals surface area contributed by atoms with Gasteiger partial charge >= 0.3 is 0 Å². The van der Waals surface area contributed by atoms with Crippen LogP contribution in [0, 0.1) is 0 Å². The number of pyridine rings is 1. The lowest BCUT2D eigenvalue weighted by Gasteiger charge is -2.13. The van der Waals surface area contributed by atoms with Crippen molar-refractivity contribution in [1.82, 2.24) is 14.5 Å². The molecule has 0 unspecified atom stereocenters. The second-order valence-electron chi connectivity index (χ2n) is 4.79. The molecule has 0 spiro atoms. The van der Waals surface area contributed by atoms with Crippen molar-refractivity contribution in [3.8, 4) is 5.69 Å². The first kappa shape index (κ1) is 11.7. The molecule has 0 amide bonds. The van der Waals surface area contributed by atoms with Gasteiger partial charge in [0, 0.05) is 36.2 Å². The molecule has 0 aliphatic carbocycles. The zero-order chi connectivity index (χ0) is 13.2. The number of nitrogens with zero attached hydrogens (tertiary/aromatic N) is 3. The van der Waals surface area contributed by atoms with Crippen LogP contribution in [0.2, 0.25) is 0 Å². The van der Waals surface area contributed by atoms with Gasteiger partial charge in [0.25, 0.3) is 0 Å². The lowest BCUT2D eigenvalue weighted by molar-refractivity contribution is 0.865. The Morgan fingerprint density at radius 2 is 2.05 bits per heavy atom. The molecular weight excluding hydrogens is 236 g/mol. The monoisotopic (exact) mass is 252 g/mol. The first-order chi connectivity index (χ1) is 9.25. The molecule has 96 valence electrons. The maximum atomic E-state index is 4.37. The predicted molar refractivity (Wildman–Crippen MR) is 77.6 cm³/mol. The first-order valence-electron chi connectivity index (χ1n) is 6.39. The van der Waals surface area contributed by atoms with Crippen molar-refractivity contribution in [2.75, 3.05) is 5.32 Å². The molecule has 0 saturated carbocycles. The fourth-order valence-electron chi connectivity index (χ4n) is 2.17. The van der Waals surface area contributed by atoms with E-state index in [9.17, 15) is 0 Å². The molecule has 4 nitrogen and oxygen atoms in total. The highest BCUT2D eigenvalue weighted by atomic mass is 15.2. The number of hydrogen-bond donors (Lipinski definition) is 1. The van der Waals surface area contributed by atoms with E-state index in [1.165, 1.54) is 5.39 Å². The van der Waals surface area contributed by atoms with Crippen LogP contribution in [0.15, 0.2) is 49.1 Å². The highest BCUT2D eigenvalue weighted by Gasteiger charge is 2.08. The largest absolute Gasteiger partial charge is 0.353 e. The van der Waals surface area contributed by atoms with Crippen LogP contribution in [0.4, 0.5) is 5.95 Å². The molecule has 2 aromatic heterocycles. The van der Waals surface area contributed by atoms with Gasteiger partial charge in [0.2, 0.25) is 5.95 Å². The van der Waals surface area contributed by atoms with Crippen molar-refractivity contribution in [3.05, 3.63) is 49.1 Å². The average Bonchev–Trinajstić information content (AvgIpc) is 2.85. The zero-order valence-corrected chi connectivity index (χ0v) is 11.0. The fraction of sp³-hybridized carbons (Fsp3) is 0.200. The number of benzene rings is 1. The molecule has 0 fully saturated rings. The lowest BCUT2D eigenvalue weighted by Crippen LogP contribution is -2.14. The van der Waals surface area contributed by atoms with Crippen LogP contribution in [0.3, 0.4) is 0 Å². The van der Waals surface area contributed by atoms with E-state index < -0.39 is 0 Å². The van der Waals surface area contributed by atoms with E-state index in [1.54, 1.807) is 6.20 Å². The summed E-state index contributed by atoms with van der Waals surface area (Å²) < 4.78 is 2.06. The average molecular weight is 252 g/mol. The maximum Gasteiger partial charge on any atom is 0.207 e. The van der Waals surface area contributed by atoms with E-state index >= 15 is 0 Å². The van der Waals surface area contributed by atoms with E-state index in [0.717, 1.165) is 17.0 Å². The molecule has 4 heteroatoms. The quantitative estimate of drug-likeness (QED) is 0.778. The summed E-state index contributed by atoms with van der Waals surface area (Å²) in [7, 11) is 0. The van der Waals surface area contributed by atoms with E-state index in [-0.39, 0.29) is 0 Å². The van der Waals surface area contributed by atoms with E-state index in [0.29, 0.717) is 6.04 Å². The van der Waals surface area contributed by atoms with Gasteiger partial charge in [-0.05, 0) is 31.4 Å². The zero-order valence-electron chi connectivity index (χ0n) is 11.0. The van der Waals surface area contributed by atoms with Crippen molar-refractivity contribution in [2.24, 2.45) is 0 Å². The Bertz CT molecular complexity index is 695. The van der Waals surface area contributed by atoms with Gasteiger partial charge in [-0.1, -0.05) is 12.1 Å². The van der Waals surface area contributed by atoms with Crippen molar-refractivity contribution in [2.45, 2.75) is 19.9 Å². The molecule has 0 aliphatic rings. The van der Waals surface area contributed by atoms with E-state index in [2.05, 4.69) is 51.9 Å². The standard InChI is InChI=1S/C15H16N4/c1-11(2)18-15-17-8-9-19(15)14-5-3-4-12-6-7-16-10-13(12)14/h3-11H,1-2H3,(H,17,18). The molecule has 0 aliphatic heterocycles. The Kier molecular flexibility index (Phi) is 2.91. The van der Waals surface area contributed by atoms with Gasteiger partial charge in [-0.25, -0.2) is 4.98 Å². The van der Waals surface area contributed by atoms with Crippen LogP contribution in [0.1, 0.15) is 13.8 Å². The van der Waals surface area contributed by atoms with Gasteiger partial charge in [0.15, 0.2) is 0 Å². The Morgan fingerprint density at radius 1 is 1.16 bits per heavy atom. The number of hydrogen-bond acceptors (Lipinski definition) is 3. The normalized spacial score (nSPS) is 11.1. The van der Waals surface area contributed by atoms with Crippen molar-refractivity contribution in [3.63, 3.8) is 0 Å². The van der Waals surface area contributed by atoms with Gasteiger partial charge in [0.1, 0.15) is 0 Å². The van der Waals surface area contributed by atoms with Crippen LogP contribution in [0.25, 0.3) is 16.5 Å². The summed E-state index contributed by atoms with van der Waals surface area (Å²) in [5.74, 6) is 0.853. The molecule has 0 radical (unpaired) electrons. The molecular formula is C15H16N4. The van der Waals surface area contributed by atoms with Crippen molar-refractivity contribution < 1.29 is 0 Å². The second-order valence-corrected chi connectivity index (χ2v) is 4.79. The summed E-state index contributed by atoms with van der Waals surface area (Å²) >= 11 is 0. The molecule has 2 heterocycles. The van der Waals surface area contributed by atoms with Gasteiger partial charge in [-0.15, -0.1) is 0 Å². The molecule has 3 aromatic rings. The summed E-state index contributed by atoms with van der Waals surface area (Å²) in [6.45, 7) is 4.20. The number of anilines is 1. The summed E-state index contributed by atoms with van der Waals surface area (Å²) in [5, 5.41) is 5.65. The second kappa shape index (κ2) is 4.72. The number of rotatable bonds is 3. The summed E-state index contributed by atoms with van der Waals surface area (Å²) in [4.78, 5) is 8.59. The molecule has 1 N–H and O–H groups in total. The summed E-state index contributed by atoms with van der Waals surface area (Å²) in [5.41, 5.74) is 1.09. The fourth-order valence-corrected chi connectivity index (χ4v) is 2.17. The molecule has 0 atom stereocenters. The number of fused-ring (bicyclic) bond motifs is 1. The van der Waals surface area contributed by atoms with Gasteiger partial charge < -0.3 is 5.32 Å². The van der Waals surface area contributed by atoms with Crippen LogP contribution >= 0.6 is 0 Å². The van der Waals surface area contributed by atoms with E-state index in [4.69, 9.17) is 0 Å². The van der Waals surface area contributed by atoms with Crippen LogP contribution in [0.5, 0.6) is 0 Å². The third-order valence-electron chi connectivity index (χ3n) is 2.98. The Balaban J connectivity index is 2.17. The molecule has 0 saturated heterocycles. The number of imidazole rings is 1. The molecule has 3 rings (SSSR count). The Morgan fingerprint density at radius 3 is 2.89 bits per heavy atom. The smallest absolute Gasteiger partial charge is 0.207 e. The minimum atomic E-state index is 0.342. The first-order valence-corrected chi connectivity index (χ1v) is 6.39. The Hall–Kier alpha value is -2.36. The third-order valence-corrected chi connectivity index (χ3v) is 2.98. The van der Waals surface area contributed by atoms with Crippen LogP contribution in [-0.2, 0) is 0 Å². The Labute approximate surface area is 112 Å². The van der Waals surface area contributed by atoms with Crippen LogP contribution in [-0.4, -0.2) is 20.6 Å². The van der Waals surface area contributed by atoms with Crippen molar-refractivity contribution >= 4 is 16.7 Å². The molecule has 19 heavy (non-hydrogen) atoms. The molecule has 0 bridgehead atoms. The van der Waals surface area contributed by atoms with E-state index in [1.807, 2.05) is 24.7 Å². The predicted octanol–water partition coefficient (Wildman–Crippen LogP) is 3.24. The number of aromatic nitrogens is 3. The number of nitrogens with one attached hydrogen (secondary N) is 1. The summed E-state index contributed by atoms with van der Waals surface area (Å²) in [6.07, 6.45) is 7.48. The topological polar surface area (TPSA) is 42.7 Å². The minimum absolute atomic E-state index is 0.342. The maximum absolute atomic E-state index is 4.37. The summed E-state index contributed by atoms with van der Waals surface area (Å²) in [6, 6.07) is 8.58. The van der Waals surface area contributed by atoms with Crippen LogP contribution < -0.4 is 5.32 Å². The van der Waals surface area contributed by atoms with Gasteiger partial charge in [-0.3, -0.25) is 9.55 Å². The third kappa shape index (κ3) is 2.17. The highest BCUT2D eigenvalue weighted by molar-refractivity contribution is 5.89. The SMILES string of the molecule is CC(C)Nc1nccn1-c1cccc2ccncc12. The highest BCUT2D eigenvalue weighted by Crippen LogP contribution is 2.23.